The molecule has 33 heavy (non-hydrogen) atoms. The molecule has 0 spiro atoms. The lowest BCUT2D eigenvalue weighted by Gasteiger charge is -2.12. The standard InChI is InChI=1S/C24H16Br2Cl2N2O3/c25-17-5-1-14(2-6-17)12-30-23(31)21(29-24(30)32)11-16-9-19(26)22(20(28)10-16)33-13-15-3-7-18(27)8-4-15/h1-11H,12-13H2,(H,29,32)/b21-11+. The van der Waals surface area contributed by atoms with E-state index in [-0.39, 0.29) is 12.2 Å². The third kappa shape index (κ3) is 5.79. The van der Waals surface area contributed by atoms with Gasteiger partial charge in [-0.2, -0.15) is 0 Å². The fourth-order valence-corrected chi connectivity index (χ4v) is 4.57. The van der Waals surface area contributed by atoms with Crippen LogP contribution in [0.1, 0.15) is 16.7 Å². The highest BCUT2D eigenvalue weighted by Crippen LogP contribution is 2.36. The van der Waals surface area contributed by atoms with Crippen LogP contribution in [0.25, 0.3) is 6.08 Å². The number of nitrogens with one attached hydrogen (secondary N) is 1. The average Bonchev–Trinajstić information content (AvgIpc) is 3.03. The predicted octanol–water partition coefficient (Wildman–Crippen LogP) is 7.19. The first-order valence-electron chi connectivity index (χ1n) is 9.75. The van der Waals surface area contributed by atoms with E-state index in [0.29, 0.717) is 32.4 Å². The zero-order chi connectivity index (χ0) is 23.5. The molecular formula is C24H16Br2Cl2N2O3. The molecule has 3 aromatic carbocycles. The van der Waals surface area contributed by atoms with Crippen LogP contribution in [-0.2, 0) is 17.9 Å². The SMILES string of the molecule is O=C1N/C(=C/c2cc(Cl)c(OCc3ccc(Cl)cc3)c(Br)c2)C(=O)N1Cc1ccc(Br)cc1. The summed E-state index contributed by atoms with van der Waals surface area (Å²) in [4.78, 5) is 26.3. The van der Waals surface area contributed by atoms with Crippen molar-refractivity contribution >= 4 is 73.1 Å². The summed E-state index contributed by atoms with van der Waals surface area (Å²) in [6.45, 7) is 0.493. The molecule has 1 aliphatic heterocycles. The fourth-order valence-electron chi connectivity index (χ4n) is 3.19. The number of rotatable bonds is 6. The molecule has 1 aliphatic rings. The van der Waals surface area contributed by atoms with Crippen molar-refractivity contribution in [3.8, 4) is 5.75 Å². The monoisotopic (exact) mass is 608 g/mol. The fraction of sp³-hybridized carbons (Fsp3) is 0.0833. The number of imide groups is 1. The highest BCUT2D eigenvalue weighted by molar-refractivity contribution is 9.10. The van der Waals surface area contributed by atoms with E-state index >= 15 is 0 Å². The van der Waals surface area contributed by atoms with Gasteiger partial charge in [0.25, 0.3) is 5.91 Å². The molecule has 5 nitrogen and oxygen atoms in total. The van der Waals surface area contributed by atoms with Gasteiger partial charge in [-0.1, -0.05) is 63.4 Å². The van der Waals surface area contributed by atoms with Crippen LogP contribution >= 0.6 is 55.1 Å². The van der Waals surface area contributed by atoms with Gasteiger partial charge in [-0.3, -0.25) is 9.69 Å². The zero-order valence-corrected chi connectivity index (χ0v) is 21.6. The zero-order valence-electron chi connectivity index (χ0n) is 16.9. The van der Waals surface area contributed by atoms with Crippen LogP contribution in [0.3, 0.4) is 0 Å². The predicted molar refractivity (Wildman–Crippen MR) is 136 cm³/mol. The van der Waals surface area contributed by atoms with Crippen molar-refractivity contribution in [2.75, 3.05) is 0 Å². The molecule has 0 bridgehead atoms. The third-order valence-electron chi connectivity index (χ3n) is 4.84. The molecule has 1 saturated heterocycles. The molecule has 3 amide bonds. The Morgan fingerprint density at radius 2 is 1.61 bits per heavy atom. The Balaban J connectivity index is 1.49. The van der Waals surface area contributed by atoms with E-state index in [0.717, 1.165) is 20.5 Å². The van der Waals surface area contributed by atoms with Crippen LogP contribution in [0.5, 0.6) is 5.75 Å². The summed E-state index contributed by atoms with van der Waals surface area (Å²) in [5.41, 5.74) is 2.60. The Kier molecular flexibility index (Phi) is 7.44. The van der Waals surface area contributed by atoms with E-state index in [1.165, 1.54) is 0 Å². The van der Waals surface area contributed by atoms with Crippen molar-refractivity contribution in [1.82, 2.24) is 10.2 Å². The van der Waals surface area contributed by atoms with E-state index in [9.17, 15) is 9.59 Å². The molecule has 0 atom stereocenters. The summed E-state index contributed by atoms with van der Waals surface area (Å²) in [6, 6.07) is 17.7. The van der Waals surface area contributed by atoms with Gasteiger partial charge in [-0.15, -0.1) is 0 Å². The lowest BCUT2D eigenvalue weighted by atomic mass is 10.1. The lowest BCUT2D eigenvalue weighted by molar-refractivity contribution is -0.123. The normalized spacial score (nSPS) is 14.7. The van der Waals surface area contributed by atoms with Crippen molar-refractivity contribution < 1.29 is 14.3 Å². The van der Waals surface area contributed by atoms with Crippen LogP contribution in [0.15, 0.2) is 75.3 Å². The largest absolute Gasteiger partial charge is 0.486 e. The summed E-state index contributed by atoms with van der Waals surface area (Å²) >= 11 is 19.2. The first kappa shape index (κ1) is 23.8. The maximum absolute atomic E-state index is 12.8. The Morgan fingerprint density at radius 1 is 0.939 bits per heavy atom. The van der Waals surface area contributed by atoms with Gasteiger partial charge in [-0.25, -0.2) is 4.79 Å². The number of urea groups is 1. The van der Waals surface area contributed by atoms with Crippen LogP contribution < -0.4 is 10.1 Å². The Morgan fingerprint density at radius 3 is 2.27 bits per heavy atom. The number of halogens is 4. The second kappa shape index (κ2) is 10.3. The Hall–Kier alpha value is -2.32. The maximum Gasteiger partial charge on any atom is 0.329 e. The second-order valence-corrected chi connectivity index (χ2v) is 9.85. The maximum atomic E-state index is 12.8. The molecule has 0 aromatic heterocycles. The molecule has 0 aliphatic carbocycles. The van der Waals surface area contributed by atoms with E-state index in [1.807, 2.05) is 36.4 Å². The van der Waals surface area contributed by atoms with Gasteiger partial charge >= 0.3 is 6.03 Å². The van der Waals surface area contributed by atoms with Crippen molar-refractivity contribution in [3.05, 3.63) is 102 Å². The highest BCUT2D eigenvalue weighted by atomic mass is 79.9. The van der Waals surface area contributed by atoms with Crippen molar-refractivity contribution in [3.63, 3.8) is 0 Å². The number of hydrogen-bond donors (Lipinski definition) is 1. The van der Waals surface area contributed by atoms with Gasteiger partial charge in [0, 0.05) is 9.50 Å². The molecule has 168 valence electrons. The van der Waals surface area contributed by atoms with Crippen molar-refractivity contribution in [2.24, 2.45) is 0 Å². The van der Waals surface area contributed by atoms with Crippen LogP contribution in [0.4, 0.5) is 4.79 Å². The van der Waals surface area contributed by atoms with E-state index in [2.05, 4.69) is 37.2 Å². The average molecular weight is 611 g/mol. The molecule has 0 radical (unpaired) electrons. The smallest absolute Gasteiger partial charge is 0.329 e. The summed E-state index contributed by atoms with van der Waals surface area (Å²) in [5.74, 6) is 0.0747. The molecule has 0 saturated carbocycles. The van der Waals surface area contributed by atoms with Gasteiger partial charge in [-0.05, 0) is 75.1 Å². The van der Waals surface area contributed by atoms with Gasteiger partial charge in [0.15, 0.2) is 5.75 Å². The summed E-state index contributed by atoms with van der Waals surface area (Å²) < 4.78 is 7.41. The molecule has 1 fully saturated rings. The summed E-state index contributed by atoms with van der Waals surface area (Å²) in [7, 11) is 0. The quantitative estimate of drug-likeness (QED) is 0.237. The molecule has 1 N–H and O–H groups in total. The molecule has 1 heterocycles. The van der Waals surface area contributed by atoms with Gasteiger partial charge in [0.1, 0.15) is 12.3 Å². The number of carbonyl (C=O) groups excluding carboxylic acids is 2. The number of ether oxygens (including phenoxy) is 1. The lowest BCUT2D eigenvalue weighted by Crippen LogP contribution is -2.30. The van der Waals surface area contributed by atoms with E-state index in [4.69, 9.17) is 27.9 Å². The van der Waals surface area contributed by atoms with E-state index in [1.54, 1.807) is 30.3 Å². The molecule has 0 unspecified atom stereocenters. The first-order valence-corrected chi connectivity index (χ1v) is 12.1. The molecule has 9 heteroatoms. The number of amides is 3. The van der Waals surface area contributed by atoms with Crippen LogP contribution in [0, 0.1) is 0 Å². The number of nitrogens with zero attached hydrogens (tertiary/aromatic N) is 1. The highest BCUT2D eigenvalue weighted by Gasteiger charge is 2.33. The minimum absolute atomic E-state index is 0.176. The van der Waals surface area contributed by atoms with Crippen molar-refractivity contribution in [2.45, 2.75) is 13.2 Å². The minimum atomic E-state index is -0.470. The first-order chi connectivity index (χ1) is 15.8. The van der Waals surface area contributed by atoms with Crippen LogP contribution in [-0.4, -0.2) is 16.8 Å². The van der Waals surface area contributed by atoms with Gasteiger partial charge in [0.2, 0.25) is 0 Å². The summed E-state index contributed by atoms with van der Waals surface area (Å²) in [5, 5.41) is 3.65. The summed E-state index contributed by atoms with van der Waals surface area (Å²) in [6.07, 6.45) is 1.58. The Labute approximate surface area is 217 Å². The van der Waals surface area contributed by atoms with Gasteiger partial charge < -0.3 is 10.1 Å². The third-order valence-corrected chi connectivity index (χ3v) is 6.49. The molecule has 4 rings (SSSR count). The Bertz CT molecular complexity index is 1220. The second-order valence-electron chi connectivity index (χ2n) is 7.23. The number of benzene rings is 3. The topological polar surface area (TPSA) is 58.6 Å². The van der Waals surface area contributed by atoms with Crippen LogP contribution in [0.2, 0.25) is 10.0 Å². The molecular weight excluding hydrogens is 595 g/mol. The van der Waals surface area contributed by atoms with E-state index < -0.39 is 11.9 Å². The number of hydrogen-bond acceptors (Lipinski definition) is 3. The van der Waals surface area contributed by atoms with Gasteiger partial charge in [0.05, 0.1) is 16.0 Å². The minimum Gasteiger partial charge on any atom is -0.486 e. The number of carbonyl (C=O) groups is 2. The molecule has 3 aromatic rings. The van der Waals surface area contributed by atoms with Crippen molar-refractivity contribution in [1.29, 1.82) is 0 Å².